The minimum absolute atomic E-state index is 0. The molecule has 0 bridgehead atoms. The number of nitrogens with one attached hydrogen (secondary N) is 2. The molecular formula is C18H18ClN2O2-. The van der Waals surface area contributed by atoms with E-state index in [1.807, 2.05) is 60.8 Å². The molecule has 0 aliphatic heterocycles. The van der Waals surface area contributed by atoms with Crippen LogP contribution in [0.2, 0.25) is 0 Å². The Morgan fingerprint density at radius 1 is 1.09 bits per heavy atom. The fraction of sp³-hybridized carbons (Fsp3) is 0.167. The number of aliphatic carboxylic acids is 1. The van der Waals surface area contributed by atoms with Crippen molar-refractivity contribution in [3.63, 3.8) is 0 Å². The molecule has 3 N–H and O–H groups in total. The van der Waals surface area contributed by atoms with E-state index < -0.39 is 12.0 Å². The molecule has 1 atom stereocenters. The Morgan fingerprint density at radius 3 is 2.52 bits per heavy atom. The fourth-order valence-electron chi connectivity index (χ4n) is 2.60. The zero-order valence-electron chi connectivity index (χ0n) is 12.5. The highest BCUT2D eigenvalue weighted by Gasteiger charge is 2.19. The highest BCUT2D eigenvalue weighted by atomic mass is 35.5. The Morgan fingerprint density at radius 2 is 1.78 bits per heavy atom. The van der Waals surface area contributed by atoms with Crippen molar-refractivity contribution < 1.29 is 22.3 Å². The predicted molar refractivity (Wildman–Crippen MR) is 86.7 cm³/mol. The number of hydrogen-bond donors (Lipinski definition) is 3. The number of benzene rings is 2. The van der Waals surface area contributed by atoms with Gasteiger partial charge in [0.2, 0.25) is 0 Å². The maximum Gasteiger partial charge on any atom is 0.321 e. The third kappa shape index (κ3) is 4.12. The van der Waals surface area contributed by atoms with Gasteiger partial charge in [-0.15, -0.1) is 0 Å². The van der Waals surface area contributed by atoms with E-state index in [-0.39, 0.29) is 12.4 Å². The average molecular weight is 330 g/mol. The quantitative estimate of drug-likeness (QED) is 0.594. The molecule has 0 aliphatic rings. The summed E-state index contributed by atoms with van der Waals surface area (Å²) in [5, 5.41) is 13.7. The second kappa shape index (κ2) is 7.81. The van der Waals surface area contributed by atoms with Crippen LogP contribution in [0.1, 0.15) is 11.1 Å². The molecule has 0 radical (unpaired) electrons. The van der Waals surface area contributed by atoms with Gasteiger partial charge in [0.25, 0.3) is 0 Å². The van der Waals surface area contributed by atoms with Crippen molar-refractivity contribution in [3.05, 3.63) is 71.9 Å². The lowest BCUT2D eigenvalue weighted by atomic mass is 10.0. The maximum atomic E-state index is 11.5. The summed E-state index contributed by atoms with van der Waals surface area (Å²) in [5.74, 6) is -0.832. The monoisotopic (exact) mass is 329 g/mol. The molecule has 5 heteroatoms. The first kappa shape index (κ1) is 17.1. The number of halogens is 1. The molecular weight excluding hydrogens is 312 g/mol. The van der Waals surface area contributed by atoms with Gasteiger partial charge in [-0.1, -0.05) is 48.5 Å². The maximum absolute atomic E-state index is 11.5. The van der Waals surface area contributed by atoms with Crippen LogP contribution in [0.5, 0.6) is 0 Å². The lowest BCUT2D eigenvalue weighted by molar-refractivity contribution is -0.139. The molecule has 3 rings (SSSR count). The normalized spacial score (nSPS) is 11.8. The molecule has 0 saturated carbocycles. The minimum atomic E-state index is -0.832. The summed E-state index contributed by atoms with van der Waals surface area (Å²) in [7, 11) is 0. The van der Waals surface area contributed by atoms with Crippen molar-refractivity contribution in [2.24, 2.45) is 0 Å². The molecule has 0 amide bonds. The second-order valence-electron chi connectivity index (χ2n) is 5.32. The molecule has 3 aromatic rings. The molecule has 0 saturated heterocycles. The average Bonchev–Trinajstić information content (AvgIpc) is 2.95. The van der Waals surface area contributed by atoms with E-state index in [1.54, 1.807) is 0 Å². The van der Waals surface area contributed by atoms with Gasteiger partial charge in [0.15, 0.2) is 0 Å². The van der Waals surface area contributed by atoms with E-state index in [2.05, 4.69) is 10.3 Å². The summed E-state index contributed by atoms with van der Waals surface area (Å²) in [6.07, 6.45) is 2.34. The number of H-pyrrole nitrogens is 1. The summed E-state index contributed by atoms with van der Waals surface area (Å²) in [5.41, 5.74) is 3.13. The van der Waals surface area contributed by atoms with Crippen molar-refractivity contribution in [2.45, 2.75) is 19.0 Å². The van der Waals surface area contributed by atoms with Gasteiger partial charge >= 0.3 is 5.97 Å². The molecule has 1 heterocycles. The van der Waals surface area contributed by atoms with E-state index in [4.69, 9.17) is 0 Å². The van der Waals surface area contributed by atoms with Crippen LogP contribution in [0.15, 0.2) is 60.8 Å². The number of rotatable bonds is 6. The van der Waals surface area contributed by atoms with E-state index >= 15 is 0 Å². The SMILES string of the molecule is O=C(O)C(Cc1c[nH]c2ccccc12)NCc1ccccc1.[Cl-]. The van der Waals surface area contributed by atoms with Crippen LogP contribution in [0, 0.1) is 0 Å². The summed E-state index contributed by atoms with van der Waals surface area (Å²) in [4.78, 5) is 14.7. The molecule has 1 aromatic heterocycles. The number of carboxylic acid groups (broad SMARTS) is 1. The highest BCUT2D eigenvalue weighted by molar-refractivity contribution is 5.84. The Kier molecular flexibility index (Phi) is 5.79. The van der Waals surface area contributed by atoms with Gasteiger partial charge in [0.1, 0.15) is 6.04 Å². The number of aromatic nitrogens is 1. The summed E-state index contributed by atoms with van der Waals surface area (Å²) in [6.45, 7) is 0.542. The number of fused-ring (bicyclic) bond motifs is 1. The van der Waals surface area contributed by atoms with Gasteiger partial charge in [-0.3, -0.25) is 4.79 Å². The molecule has 23 heavy (non-hydrogen) atoms. The van der Waals surface area contributed by atoms with Gasteiger partial charge in [-0.25, -0.2) is 0 Å². The first-order chi connectivity index (χ1) is 10.7. The van der Waals surface area contributed by atoms with Crippen molar-refractivity contribution in [1.82, 2.24) is 10.3 Å². The largest absolute Gasteiger partial charge is 1.00 e. The summed E-state index contributed by atoms with van der Waals surface area (Å²) in [6, 6.07) is 17.1. The smallest absolute Gasteiger partial charge is 0.321 e. The molecule has 1 unspecified atom stereocenters. The molecule has 0 aliphatic carbocycles. The van der Waals surface area contributed by atoms with Crippen LogP contribution in [0.3, 0.4) is 0 Å². The van der Waals surface area contributed by atoms with Gasteiger partial charge in [-0.2, -0.15) is 0 Å². The Balaban J connectivity index is 0.00000192. The predicted octanol–water partition coefficient (Wildman–Crippen LogP) is -0.0426. The van der Waals surface area contributed by atoms with E-state index in [0.717, 1.165) is 22.0 Å². The van der Waals surface area contributed by atoms with Crippen molar-refractivity contribution >= 4 is 16.9 Å². The van der Waals surface area contributed by atoms with E-state index in [1.165, 1.54) is 0 Å². The van der Waals surface area contributed by atoms with Gasteiger partial charge < -0.3 is 27.8 Å². The number of carbonyl (C=O) groups is 1. The first-order valence-electron chi connectivity index (χ1n) is 7.29. The Hall–Kier alpha value is -2.30. The van der Waals surface area contributed by atoms with Gasteiger partial charge in [0.05, 0.1) is 0 Å². The topological polar surface area (TPSA) is 65.1 Å². The number of para-hydroxylation sites is 1. The molecule has 4 nitrogen and oxygen atoms in total. The highest BCUT2D eigenvalue weighted by Crippen LogP contribution is 2.19. The van der Waals surface area contributed by atoms with Crippen molar-refractivity contribution in [2.75, 3.05) is 0 Å². The molecule has 0 fully saturated rings. The zero-order valence-corrected chi connectivity index (χ0v) is 13.3. The van der Waals surface area contributed by atoms with Gasteiger partial charge in [0, 0.05) is 30.1 Å². The van der Waals surface area contributed by atoms with Crippen LogP contribution < -0.4 is 17.7 Å². The van der Waals surface area contributed by atoms with Crippen LogP contribution in [-0.2, 0) is 17.8 Å². The summed E-state index contributed by atoms with van der Waals surface area (Å²) >= 11 is 0. The summed E-state index contributed by atoms with van der Waals surface area (Å²) < 4.78 is 0. The van der Waals surface area contributed by atoms with Crippen LogP contribution >= 0.6 is 0 Å². The third-order valence-electron chi connectivity index (χ3n) is 3.79. The lowest BCUT2D eigenvalue weighted by Gasteiger charge is -2.14. The first-order valence-corrected chi connectivity index (χ1v) is 7.29. The standard InChI is InChI=1S/C18H18N2O2.ClH/c21-18(22)17(19-11-13-6-2-1-3-7-13)10-14-12-20-16-9-5-4-8-15(14)16;/h1-9,12,17,19-20H,10-11H2,(H,21,22);1H/p-1. The Labute approximate surface area is 140 Å². The van der Waals surface area contributed by atoms with Crippen molar-refractivity contribution in [1.29, 1.82) is 0 Å². The minimum Gasteiger partial charge on any atom is -1.00 e. The van der Waals surface area contributed by atoms with Crippen LogP contribution in [-0.4, -0.2) is 22.1 Å². The Bertz CT molecular complexity index is 771. The number of hydrogen-bond acceptors (Lipinski definition) is 2. The molecule has 120 valence electrons. The van der Waals surface area contributed by atoms with E-state index in [0.29, 0.717) is 13.0 Å². The number of aromatic amines is 1. The molecule has 2 aromatic carbocycles. The zero-order chi connectivity index (χ0) is 15.4. The lowest BCUT2D eigenvalue weighted by Crippen LogP contribution is -3.00. The van der Waals surface area contributed by atoms with Crippen LogP contribution in [0.25, 0.3) is 10.9 Å². The molecule has 0 spiro atoms. The second-order valence-corrected chi connectivity index (χ2v) is 5.32. The third-order valence-corrected chi connectivity index (χ3v) is 3.79. The fourth-order valence-corrected chi connectivity index (χ4v) is 2.60. The number of carboxylic acids is 1. The van der Waals surface area contributed by atoms with E-state index in [9.17, 15) is 9.90 Å². The van der Waals surface area contributed by atoms with Crippen molar-refractivity contribution in [3.8, 4) is 0 Å². The van der Waals surface area contributed by atoms with Gasteiger partial charge in [-0.05, 0) is 17.2 Å². The van der Waals surface area contributed by atoms with Crippen LogP contribution in [0.4, 0.5) is 0 Å².